The summed E-state index contributed by atoms with van der Waals surface area (Å²) in [5.74, 6) is -1.28. The summed E-state index contributed by atoms with van der Waals surface area (Å²) in [4.78, 5) is 0. The van der Waals surface area contributed by atoms with Gasteiger partial charge in [0.1, 0.15) is 19.5 Å². The van der Waals surface area contributed by atoms with Crippen LogP contribution in [0.25, 0.3) is 0 Å². The van der Waals surface area contributed by atoms with E-state index in [1.165, 1.54) is 13.3 Å². The minimum absolute atomic E-state index is 0.0516. The molecule has 0 aliphatic carbocycles. The number of rotatable bonds is 2. The molecule has 1 aromatic carbocycles. The molecule has 1 aromatic rings. The average Bonchev–Trinajstić information content (AvgIpc) is 1.97. The number of halogens is 2. The zero-order valence-electron chi connectivity index (χ0n) is 8.05. The van der Waals surface area contributed by atoms with Gasteiger partial charge in [-0.2, -0.15) is 0 Å². The Morgan fingerprint density at radius 1 is 1.29 bits per heavy atom. The van der Waals surface area contributed by atoms with Crippen molar-refractivity contribution in [2.24, 2.45) is 0 Å². The van der Waals surface area contributed by atoms with Gasteiger partial charge in [0, 0.05) is 6.16 Å². The summed E-state index contributed by atoms with van der Waals surface area (Å²) >= 11 is 0. The lowest BCUT2D eigenvalue weighted by atomic mass is 9.94. The molecule has 1 nitrogen and oxygen atoms in total. The molecule has 0 saturated carbocycles. The van der Waals surface area contributed by atoms with Gasteiger partial charge in [-0.3, -0.25) is 0 Å². The molecule has 0 bridgehead atoms. The molecular formula is C9H10BF2OP. The Labute approximate surface area is 83.3 Å². The Kier molecular flexibility index (Phi) is 3.15. The SMILES string of the molecule is [B]c1cc(F)c(CP(C)(C)=O)cc1F. The molecule has 1 rings (SSSR count). The van der Waals surface area contributed by atoms with Crippen LogP contribution in [0.4, 0.5) is 8.78 Å². The highest BCUT2D eigenvalue weighted by atomic mass is 31.2. The Hall–Kier alpha value is -0.625. The van der Waals surface area contributed by atoms with Crippen molar-refractivity contribution in [3.8, 4) is 0 Å². The van der Waals surface area contributed by atoms with Gasteiger partial charge in [0.15, 0.2) is 0 Å². The van der Waals surface area contributed by atoms with E-state index in [1.807, 2.05) is 0 Å². The van der Waals surface area contributed by atoms with E-state index in [9.17, 15) is 13.3 Å². The predicted molar refractivity (Wildman–Crippen MR) is 54.9 cm³/mol. The molecule has 0 saturated heterocycles. The van der Waals surface area contributed by atoms with Crippen molar-refractivity contribution in [1.29, 1.82) is 0 Å². The van der Waals surface area contributed by atoms with Gasteiger partial charge in [0.2, 0.25) is 0 Å². The van der Waals surface area contributed by atoms with Gasteiger partial charge in [-0.25, -0.2) is 8.78 Å². The molecule has 2 radical (unpaired) electrons. The molecule has 0 fully saturated rings. The Morgan fingerprint density at radius 3 is 2.36 bits per heavy atom. The van der Waals surface area contributed by atoms with E-state index in [0.717, 1.165) is 12.1 Å². The molecule has 0 atom stereocenters. The van der Waals surface area contributed by atoms with Crippen LogP contribution in [0.5, 0.6) is 0 Å². The van der Waals surface area contributed by atoms with E-state index in [4.69, 9.17) is 7.85 Å². The van der Waals surface area contributed by atoms with Crippen LogP contribution < -0.4 is 5.46 Å². The molecule has 5 heteroatoms. The molecule has 14 heavy (non-hydrogen) atoms. The second-order valence-electron chi connectivity index (χ2n) is 3.70. The summed E-state index contributed by atoms with van der Waals surface area (Å²) in [6.07, 6.45) is 0.0516. The molecule has 0 heterocycles. The normalized spacial score (nSPS) is 11.7. The average molecular weight is 214 g/mol. The van der Waals surface area contributed by atoms with Crippen molar-refractivity contribution < 1.29 is 13.3 Å². The minimum atomic E-state index is -2.40. The maximum absolute atomic E-state index is 13.2. The van der Waals surface area contributed by atoms with Gasteiger partial charge in [0.25, 0.3) is 0 Å². The predicted octanol–water partition coefficient (Wildman–Crippen LogP) is 1.88. The molecule has 0 aliphatic heterocycles. The summed E-state index contributed by atoms with van der Waals surface area (Å²) in [5, 5.41) is 0. The molecule has 0 aliphatic rings. The van der Waals surface area contributed by atoms with Crippen molar-refractivity contribution >= 4 is 20.5 Å². The lowest BCUT2D eigenvalue weighted by molar-refractivity contribution is 0.575. The molecule has 0 N–H and O–H groups in total. The fourth-order valence-corrected chi connectivity index (χ4v) is 2.20. The van der Waals surface area contributed by atoms with Crippen molar-refractivity contribution in [1.82, 2.24) is 0 Å². The summed E-state index contributed by atoms with van der Waals surface area (Å²) in [7, 11) is 2.77. The van der Waals surface area contributed by atoms with E-state index >= 15 is 0 Å². The summed E-state index contributed by atoms with van der Waals surface area (Å²) in [5.41, 5.74) is -0.113. The van der Waals surface area contributed by atoms with Crippen LogP contribution in [-0.4, -0.2) is 21.2 Å². The molecule has 0 amide bonds. The van der Waals surface area contributed by atoms with Crippen LogP contribution >= 0.6 is 7.14 Å². The third kappa shape index (κ3) is 2.95. The zero-order valence-corrected chi connectivity index (χ0v) is 8.94. The number of hydrogen-bond donors (Lipinski definition) is 0. The van der Waals surface area contributed by atoms with Crippen LogP contribution in [0.2, 0.25) is 0 Å². The third-order valence-electron chi connectivity index (χ3n) is 1.72. The lowest BCUT2D eigenvalue weighted by Crippen LogP contribution is -2.11. The quantitative estimate of drug-likeness (QED) is 0.542. The first-order valence-corrected chi connectivity index (χ1v) is 6.85. The van der Waals surface area contributed by atoms with Crippen LogP contribution in [0.1, 0.15) is 5.56 Å². The van der Waals surface area contributed by atoms with Crippen LogP contribution in [0.3, 0.4) is 0 Å². The first-order chi connectivity index (χ1) is 6.29. The highest BCUT2D eigenvalue weighted by Gasteiger charge is 2.14. The molecule has 74 valence electrons. The second-order valence-corrected chi connectivity index (χ2v) is 7.16. The monoisotopic (exact) mass is 214 g/mol. The maximum Gasteiger partial charge on any atom is 0.126 e. The Bertz CT molecular complexity index is 400. The number of hydrogen-bond acceptors (Lipinski definition) is 1. The standard InChI is InChI=1S/C9H10BF2OP/c1-14(2,13)5-6-3-9(12)7(10)4-8(6)11/h3-4H,5H2,1-2H3. The fraction of sp³-hybridized carbons (Fsp3) is 0.333. The smallest absolute Gasteiger partial charge is 0.126 e. The second kappa shape index (κ2) is 3.86. The van der Waals surface area contributed by atoms with E-state index in [2.05, 4.69) is 0 Å². The largest absolute Gasteiger partial charge is 0.324 e. The van der Waals surface area contributed by atoms with E-state index in [0.29, 0.717) is 0 Å². The minimum Gasteiger partial charge on any atom is -0.324 e. The highest BCUT2D eigenvalue weighted by molar-refractivity contribution is 7.61. The zero-order chi connectivity index (χ0) is 10.9. The van der Waals surface area contributed by atoms with Gasteiger partial charge in [-0.05, 0) is 31.0 Å². The van der Waals surface area contributed by atoms with Crippen molar-refractivity contribution in [2.45, 2.75) is 6.16 Å². The van der Waals surface area contributed by atoms with Gasteiger partial charge in [-0.15, -0.1) is 0 Å². The van der Waals surface area contributed by atoms with Crippen LogP contribution in [0.15, 0.2) is 12.1 Å². The van der Waals surface area contributed by atoms with Crippen molar-refractivity contribution in [3.63, 3.8) is 0 Å². The van der Waals surface area contributed by atoms with Crippen LogP contribution in [0, 0.1) is 11.6 Å². The van der Waals surface area contributed by atoms with Crippen LogP contribution in [-0.2, 0) is 10.7 Å². The van der Waals surface area contributed by atoms with Crippen molar-refractivity contribution in [3.05, 3.63) is 29.3 Å². The fourth-order valence-electron chi connectivity index (χ4n) is 1.13. The molecule has 0 unspecified atom stereocenters. The van der Waals surface area contributed by atoms with Gasteiger partial charge in [-0.1, -0.05) is 5.46 Å². The van der Waals surface area contributed by atoms with Crippen molar-refractivity contribution in [2.75, 3.05) is 13.3 Å². The lowest BCUT2D eigenvalue weighted by Gasteiger charge is -2.08. The van der Waals surface area contributed by atoms with Gasteiger partial charge >= 0.3 is 0 Å². The highest BCUT2D eigenvalue weighted by Crippen LogP contribution is 2.40. The van der Waals surface area contributed by atoms with E-state index in [-0.39, 0.29) is 17.2 Å². The van der Waals surface area contributed by atoms with E-state index < -0.39 is 18.8 Å². The Morgan fingerprint density at radius 2 is 1.86 bits per heavy atom. The molecule has 0 spiro atoms. The summed E-state index contributed by atoms with van der Waals surface area (Å²) in [6, 6.07) is 1.92. The maximum atomic E-state index is 13.2. The molecule has 0 aromatic heterocycles. The summed E-state index contributed by atoms with van der Waals surface area (Å²) < 4.78 is 37.6. The third-order valence-corrected chi connectivity index (χ3v) is 2.82. The Balaban J connectivity index is 3.11. The first-order valence-electron chi connectivity index (χ1n) is 4.07. The first kappa shape index (κ1) is 11.4. The summed E-state index contributed by atoms with van der Waals surface area (Å²) in [6.45, 7) is 3.06. The van der Waals surface area contributed by atoms with E-state index in [1.54, 1.807) is 0 Å². The number of benzene rings is 1. The van der Waals surface area contributed by atoms with Gasteiger partial charge in [0.05, 0.1) is 7.14 Å². The molecular weight excluding hydrogens is 204 g/mol. The topological polar surface area (TPSA) is 17.1 Å². The van der Waals surface area contributed by atoms with Gasteiger partial charge < -0.3 is 4.57 Å².